The smallest absolute Gasteiger partial charge is 0.250 e. The van der Waals surface area contributed by atoms with Gasteiger partial charge < -0.3 is 0 Å². The molecule has 3 rings (SSSR count). The molecule has 1 aromatic heterocycles. The Labute approximate surface area is 180 Å². The highest BCUT2D eigenvalue weighted by Gasteiger charge is 2.12. The average molecular weight is 424 g/mol. The number of amides is 1. The summed E-state index contributed by atoms with van der Waals surface area (Å²) in [6.07, 6.45) is 3.32. The Morgan fingerprint density at radius 1 is 1.10 bits per heavy atom. The number of nitrogens with zero attached hydrogens (tertiary/aromatic N) is 2. The van der Waals surface area contributed by atoms with Gasteiger partial charge in [-0.2, -0.15) is 0 Å². The van der Waals surface area contributed by atoms with Crippen LogP contribution in [0.3, 0.4) is 0 Å². The maximum absolute atomic E-state index is 12.2. The number of nitrogens with one attached hydrogen (secondary N) is 1. The maximum Gasteiger partial charge on any atom is 0.250 e. The van der Waals surface area contributed by atoms with Crippen molar-refractivity contribution in [2.45, 2.75) is 43.2 Å². The lowest BCUT2D eigenvalue weighted by Gasteiger charge is -2.18. The molecule has 4 nitrogen and oxygen atoms in total. The van der Waals surface area contributed by atoms with E-state index in [0.29, 0.717) is 5.13 Å². The van der Waals surface area contributed by atoms with Crippen LogP contribution in [-0.4, -0.2) is 16.1 Å². The SMILES string of the molecule is Cc1ccccc1CSc1nnc(NC(=O)/C=C/c2ccc(C(C)(C)C)cc2)s1. The van der Waals surface area contributed by atoms with Crippen molar-refractivity contribution in [3.05, 3.63) is 76.9 Å². The van der Waals surface area contributed by atoms with E-state index in [1.807, 2.05) is 24.3 Å². The van der Waals surface area contributed by atoms with Crippen molar-refractivity contribution in [1.29, 1.82) is 0 Å². The van der Waals surface area contributed by atoms with Gasteiger partial charge in [0.2, 0.25) is 11.0 Å². The zero-order valence-electron chi connectivity index (χ0n) is 17.1. The standard InChI is InChI=1S/C23H25N3OS2/c1-16-7-5-6-8-18(16)15-28-22-26-25-21(29-22)24-20(27)14-11-17-9-12-19(13-10-17)23(2,3)4/h5-14H,15H2,1-4H3,(H,24,25,27)/b14-11+. The summed E-state index contributed by atoms with van der Waals surface area (Å²) in [5, 5.41) is 11.5. The zero-order valence-corrected chi connectivity index (χ0v) is 18.7. The Morgan fingerprint density at radius 2 is 1.83 bits per heavy atom. The van der Waals surface area contributed by atoms with Crippen molar-refractivity contribution in [2.75, 3.05) is 5.32 Å². The van der Waals surface area contributed by atoms with Crippen LogP contribution >= 0.6 is 23.1 Å². The molecule has 3 aromatic rings. The van der Waals surface area contributed by atoms with Crippen molar-refractivity contribution in [1.82, 2.24) is 10.2 Å². The number of anilines is 1. The molecular weight excluding hydrogens is 398 g/mol. The lowest BCUT2D eigenvalue weighted by Crippen LogP contribution is -2.10. The minimum absolute atomic E-state index is 0.117. The van der Waals surface area contributed by atoms with E-state index in [1.54, 1.807) is 17.8 Å². The van der Waals surface area contributed by atoms with Crippen LogP contribution in [0.15, 0.2) is 58.9 Å². The van der Waals surface area contributed by atoms with Crippen molar-refractivity contribution < 1.29 is 4.79 Å². The van der Waals surface area contributed by atoms with Gasteiger partial charge in [0.25, 0.3) is 0 Å². The number of carbonyl (C=O) groups is 1. The molecule has 0 aliphatic carbocycles. The number of hydrogen-bond donors (Lipinski definition) is 1. The molecule has 1 amide bonds. The van der Waals surface area contributed by atoms with Gasteiger partial charge in [0.1, 0.15) is 0 Å². The Balaban J connectivity index is 1.53. The number of benzene rings is 2. The second kappa shape index (κ2) is 9.37. The molecule has 0 radical (unpaired) electrons. The van der Waals surface area contributed by atoms with Crippen molar-refractivity contribution in [2.24, 2.45) is 0 Å². The van der Waals surface area contributed by atoms with Crippen LogP contribution in [-0.2, 0) is 16.0 Å². The van der Waals surface area contributed by atoms with Crippen LogP contribution in [0.5, 0.6) is 0 Å². The molecule has 1 heterocycles. The molecule has 0 unspecified atom stereocenters. The minimum Gasteiger partial charge on any atom is -0.297 e. The Kier molecular flexibility index (Phi) is 6.87. The topological polar surface area (TPSA) is 54.9 Å². The summed E-state index contributed by atoms with van der Waals surface area (Å²) in [6, 6.07) is 16.5. The largest absolute Gasteiger partial charge is 0.297 e. The van der Waals surface area contributed by atoms with Crippen molar-refractivity contribution in [3.8, 4) is 0 Å². The van der Waals surface area contributed by atoms with Gasteiger partial charge in [0.15, 0.2) is 4.34 Å². The van der Waals surface area contributed by atoms with Gasteiger partial charge in [0, 0.05) is 11.8 Å². The predicted molar refractivity (Wildman–Crippen MR) is 123 cm³/mol. The molecule has 2 aromatic carbocycles. The first-order valence-corrected chi connectivity index (χ1v) is 11.2. The van der Waals surface area contributed by atoms with Gasteiger partial charge >= 0.3 is 0 Å². The van der Waals surface area contributed by atoms with Crippen LogP contribution in [0.4, 0.5) is 5.13 Å². The van der Waals surface area contributed by atoms with Crippen LogP contribution in [0, 0.1) is 6.92 Å². The van der Waals surface area contributed by atoms with E-state index in [-0.39, 0.29) is 11.3 Å². The van der Waals surface area contributed by atoms with Gasteiger partial charge in [-0.3, -0.25) is 10.1 Å². The summed E-state index contributed by atoms with van der Waals surface area (Å²) in [4.78, 5) is 12.2. The average Bonchev–Trinajstić information content (AvgIpc) is 3.12. The minimum atomic E-state index is -0.212. The maximum atomic E-state index is 12.2. The summed E-state index contributed by atoms with van der Waals surface area (Å²) < 4.78 is 0.838. The summed E-state index contributed by atoms with van der Waals surface area (Å²) in [7, 11) is 0. The monoisotopic (exact) mass is 423 g/mol. The molecule has 0 saturated carbocycles. The van der Waals surface area contributed by atoms with Gasteiger partial charge in [-0.15, -0.1) is 10.2 Å². The molecule has 0 aliphatic heterocycles. The summed E-state index contributed by atoms with van der Waals surface area (Å²) in [6.45, 7) is 8.65. The van der Waals surface area contributed by atoms with Gasteiger partial charge in [0.05, 0.1) is 0 Å². The molecule has 0 bridgehead atoms. The number of carbonyl (C=O) groups excluding carboxylic acids is 1. The van der Waals surface area contributed by atoms with E-state index in [9.17, 15) is 4.79 Å². The molecule has 150 valence electrons. The molecule has 0 saturated heterocycles. The highest BCUT2D eigenvalue weighted by atomic mass is 32.2. The van der Waals surface area contributed by atoms with E-state index in [4.69, 9.17) is 0 Å². The summed E-state index contributed by atoms with van der Waals surface area (Å²) >= 11 is 3.01. The van der Waals surface area contributed by atoms with E-state index < -0.39 is 0 Å². The number of hydrogen-bond acceptors (Lipinski definition) is 5. The van der Waals surface area contributed by atoms with Crippen LogP contribution < -0.4 is 5.32 Å². The predicted octanol–water partition coefficient (Wildman–Crippen LogP) is 6.09. The number of aromatic nitrogens is 2. The number of thioether (sulfide) groups is 1. The number of rotatable bonds is 6. The van der Waals surface area contributed by atoms with Crippen LogP contribution in [0.2, 0.25) is 0 Å². The van der Waals surface area contributed by atoms with Gasteiger partial charge in [-0.1, -0.05) is 92.4 Å². The third kappa shape index (κ3) is 6.27. The molecule has 0 spiro atoms. The van der Waals surface area contributed by atoms with Crippen LogP contribution in [0.25, 0.3) is 6.08 Å². The first kappa shape index (κ1) is 21.3. The Bertz CT molecular complexity index is 1000. The second-order valence-electron chi connectivity index (χ2n) is 7.78. The van der Waals surface area contributed by atoms with Gasteiger partial charge in [-0.25, -0.2) is 0 Å². The fraction of sp³-hybridized carbons (Fsp3) is 0.261. The van der Waals surface area contributed by atoms with Gasteiger partial charge in [-0.05, 0) is 40.7 Å². The fourth-order valence-electron chi connectivity index (χ4n) is 2.64. The second-order valence-corrected chi connectivity index (χ2v) is 9.98. The highest BCUT2D eigenvalue weighted by molar-refractivity contribution is 8.00. The molecule has 0 fully saturated rings. The summed E-state index contributed by atoms with van der Waals surface area (Å²) in [5.41, 5.74) is 4.91. The lowest BCUT2D eigenvalue weighted by molar-refractivity contribution is -0.111. The van der Waals surface area contributed by atoms with E-state index in [2.05, 4.69) is 67.5 Å². The van der Waals surface area contributed by atoms with E-state index in [0.717, 1.165) is 15.7 Å². The normalized spacial score (nSPS) is 11.7. The molecule has 0 atom stereocenters. The highest BCUT2D eigenvalue weighted by Crippen LogP contribution is 2.29. The number of aryl methyl sites for hydroxylation is 1. The molecule has 6 heteroatoms. The fourth-order valence-corrected chi connectivity index (χ4v) is 4.47. The molecule has 1 N–H and O–H groups in total. The quantitative estimate of drug-likeness (QED) is 0.296. The van der Waals surface area contributed by atoms with E-state index in [1.165, 1.54) is 34.1 Å². The molecular formula is C23H25N3OS2. The van der Waals surface area contributed by atoms with Crippen molar-refractivity contribution in [3.63, 3.8) is 0 Å². The first-order chi connectivity index (χ1) is 13.8. The van der Waals surface area contributed by atoms with Crippen molar-refractivity contribution >= 4 is 40.2 Å². The molecule has 29 heavy (non-hydrogen) atoms. The Hall–Kier alpha value is -2.44. The third-order valence-corrected chi connectivity index (χ3v) is 6.47. The Morgan fingerprint density at radius 3 is 2.52 bits per heavy atom. The lowest BCUT2D eigenvalue weighted by atomic mass is 9.87. The van der Waals surface area contributed by atoms with Crippen LogP contribution in [0.1, 0.15) is 43.0 Å². The summed E-state index contributed by atoms with van der Waals surface area (Å²) in [5.74, 6) is 0.621. The third-order valence-electron chi connectivity index (χ3n) is 4.45. The van der Waals surface area contributed by atoms with E-state index >= 15 is 0 Å². The molecule has 0 aliphatic rings. The first-order valence-electron chi connectivity index (χ1n) is 9.42. The zero-order chi connectivity index (χ0) is 20.9.